The van der Waals surface area contributed by atoms with Crippen molar-refractivity contribution in [2.75, 3.05) is 0 Å². The molecular formula is C36H22Br4. The van der Waals surface area contributed by atoms with Gasteiger partial charge in [0.15, 0.2) is 0 Å². The smallest absolute Gasteiger partial charge is 0.0175 e. The maximum atomic E-state index is 3.66. The van der Waals surface area contributed by atoms with Gasteiger partial charge in [0, 0.05) is 17.9 Å². The standard InChI is InChI=1S/C36H22Br4/c37-28-14-6-24(7-15-28)33-22-32(23-4-2-1-3-5-23)34(25-8-16-29(38)17-9-25)36(27-12-20-31(40)21-13-27)35(33)26-10-18-30(39)19-11-26/h1-22H. The highest BCUT2D eigenvalue weighted by molar-refractivity contribution is 9.11. The Balaban J connectivity index is 1.83. The zero-order chi connectivity index (χ0) is 27.6. The van der Waals surface area contributed by atoms with Crippen molar-refractivity contribution < 1.29 is 0 Å². The second kappa shape index (κ2) is 12.0. The van der Waals surface area contributed by atoms with Crippen LogP contribution in [0, 0.1) is 0 Å². The molecule has 0 radical (unpaired) electrons. The van der Waals surface area contributed by atoms with Crippen molar-refractivity contribution in [3.05, 3.63) is 151 Å². The summed E-state index contributed by atoms with van der Waals surface area (Å²) in [6.45, 7) is 0. The molecule has 4 heteroatoms. The van der Waals surface area contributed by atoms with Gasteiger partial charge in [0.2, 0.25) is 0 Å². The van der Waals surface area contributed by atoms with Gasteiger partial charge in [0.1, 0.15) is 0 Å². The molecule has 0 saturated heterocycles. The lowest BCUT2D eigenvalue weighted by molar-refractivity contribution is 1.51. The zero-order valence-electron chi connectivity index (χ0n) is 21.2. The quantitative estimate of drug-likeness (QED) is 0.164. The highest BCUT2D eigenvalue weighted by Crippen LogP contribution is 2.50. The molecule has 0 aliphatic rings. The van der Waals surface area contributed by atoms with E-state index >= 15 is 0 Å². The van der Waals surface area contributed by atoms with Crippen LogP contribution in [0.1, 0.15) is 0 Å². The molecule has 0 atom stereocenters. The lowest BCUT2D eigenvalue weighted by Gasteiger charge is -2.24. The van der Waals surface area contributed by atoms with Crippen molar-refractivity contribution in [2.24, 2.45) is 0 Å². The van der Waals surface area contributed by atoms with E-state index in [1.807, 2.05) is 0 Å². The van der Waals surface area contributed by atoms with Crippen LogP contribution >= 0.6 is 63.7 Å². The maximum Gasteiger partial charge on any atom is 0.0175 e. The minimum absolute atomic E-state index is 1.05. The van der Waals surface area contributed by atoms with Gasteiger partial charge in [-0.15, -0.1) is 0 Å². The number of halogens is 4. The molecule has 0 fully saturated rings. The van der Waals surface area contributed by atoms with Crippen LogP contribution in [0.3, 0.4) is 0 Å². The Bertz CT molecular complexity index is 1770. The molecule has 6 rings (SSSR count). The first kappa shape index (κ1) is 27.4. The predicted molar refractivity (Wildman–Crippen MR) is 184 cm³/mol. The van der Waals surface area contributed by atoms with E-state index in [9.17, 15) is 0 Å². The predicted octanol–water partition coefficient (Wildman–Crippen LogP) is 13.1. The summed E-state index contributed by atoms with van der Waals surface area (Å²) in [4.78, 5) is 0. The molecule has 0 unspecified atom stereocenters. The molecule has 0 N–H and O–H groups in total. The van der Waals surface area contributed by atoms with Crippen LogP contribution < -0.4 is 0 Å². The minimum Gasteiger partial charge on any atom is -0.0622 e. The molecule has 0 bridgehead atoms. The minimum atomic E-state index is 1.05. The molecule has 0 aliphatic carbocycles. The normalized spacial score (nSPS) is 11.0. The molecule has 0 amide bonds. The van der Waals surface area contributed by atoms with E-state index in [2.05, 4.69) is 197 Å². The van der Waals surface area contributed by atoms with Crippen molar-refractivity contribution >= 4 is 63.7 Å². The van der Waals surface area contributed by atoms with Crippen LogP contribution in [0.4, 0.5) is 0 Å². The van der Waals surface area contributed by atoms with Crippen molar-refractivity contribution in [1.82, 2.24) is 0 Å². The molecule has 0 saturated carbocycles. The van der Waals surface area contributed by atoms with Gasteiger partial charge < -0.3 is 0 Å². The van der Waals surface area contributed by atoms with E-state index in [4.69, 9.17) is 0 Å². The molecule has 6 aromatic rings. The van der Waals surface area contributed by atoms with Crippen LogP contribution in [-0.4, -0.2) is 0 Å². The van der Waals surface area contributed by atoms with Gasteiger partial charge in [-0.2, -0.15) is 0 Å². The molecule has 0 aromatic heterocycles. The molecule has 0 spiro atoms. The van der Waals surface area contributed by atoms with E-state index < -0.39 is 0 Å². The second-order valence-corrected chi connectivity index (χ2v) is 13.2. The molecular weight excluding hydrogens is 752 g/mol. The Morgan fingerprint density at radius 2 is 0.575 bits per heavy atom. The van der Waals surface area contributed by atoms with Crippen LogP contribution in [0.15, 0.2) is 151 Å². The van der Waals surface area contributed by atoms with Gasteiger partial charge in [0.25, 0.3) is 0 Å². The van der Waals surface area contributed by atoms with Crippen molar-refractivity contribution in [3.8, 4) is 55.6 Å². The average molecular weight is 774 g/mol. The third kappa shape index (κ3) is 5.69. The summed E-state index contributed by atoms with van der Waals surface area (Å²) in [7, 11) is 0. The lowest BCUT2D eigenvalue weighted by Crippen LogP contribution is -1.98. The number of rotatable bonds is 5. The van der Waals surface area contributed by atoms with Crippen LogP contribution in [0.5, 0.6) is 0 Å². The molecule has 0 aliphatic heterocycles. The maximum absolute atomic E-state index is 3.66. The molecule has 0 heterocycles. The van der Waals surface area contributed by atoms with E-state index in [1.54, 1.807) is 0 Å². The number of benzene rings is 6. The molecule has 194 valence electrons. The first-order valence-electron chi connectivity index (χ1n) is 12.8. The average Bonchev–Trinajstić information content (AvgIpc) is 2.98. The van der Waals surface area contributed by atoms with Gasteiger partial charge in [-0.05, 0) is 110 Å². The van der Waals surface area contributed by atoms with Crippen LogP contribution in [-0.2, 0) is 0 Å². The highest BCUT2D eigenvalue weighted by Gasteiger charge is 2.23. The largest absolute Gasteiger partial charge is 0.0622 e. The first-order valence-corrected chi connectivity index (χ1v) is 16.0. The van der Waals surface area contributed by atoms with Gasteiger partial charge in [-0.25, -0.2) is 0 Å². The number of hydrogen-bond acceptors (Lipinski definition) is 0. The summed E-state index contributed by atoms with van der Waals surface area (Å²) in [6, 6.07) is 47.7. The molecule has 40 heavy (non-hydrogen) atoms. The Kier molecular flexibility index (Phi) is 8.22. The van der Waals surface area contributed by atoms with Crippen molar-refractivity contribution in [2.45, 2.75) is 0 Å². The summed E-state index contributed by atoms with van der Waals surface area (Å²) >= 11 is 14.6. The van der Waals surface area contributed by atoms with E-state index in [-0.39, 0.29) is 0 Å². The number of hydrogen-bond donors (Lipinski definition) is 0. The molecule has 0 nitrogen and oxygen atoms in total. The van der Waals surface area contributed by atoms with Crippen LogP contribution in [0.25, 0.3) is 55.6 Å². The summed E-state index contributed by atoms with van der Waals surface area (Å²) < 4.78 is 4.23. The summed E-state index contributed by atoms with van der Waals surface area (Å²) in [5, 5.41) is 0. The topological polar surface area (TPSA) is 0 Å². The Labute approximate surface area is 268 Å². The fourth-order valence-electron chi connectivity index (χ4n) is 5.12. The Hall–Kier alpha value is -2.76. The Morgan fingerprint density at radius 1 is 0.275 bits per heavy atom. The highest BCUT2D eigenvalue weighted by atomic mass is 79.9. The summed E-state index contributed by atoms with van der Waals surface area (Å²) in [5.74, 6) is 0. The van der Waals surface area contributed by atoms with Gasteiger partial charge >= 0.3 is 0 Å². The van der Waals surface area contributed by atoms with Gasteiger partial charge in [-0.1, -0.05) is 143 Å². The third-order valence-corrected chi connectivity index (χ3v) is 9.08. The van der Waals surface area contributed by atoms with Crippen molar-refractivity contribution in [1.29, 1.82) is 0 Å². The van der Waals surface area contributed by atoms with Gasteiger partial charge in [0.05, 0.1) is 0 Å². The van der Waals surface area contributed by atoms with Crippen LogP contribution in [0.2, 0.25) is 0 Å². The summed E-state index contributed by atoms with van der Waals surface area (Å²) in [5.41, 5.74) is 11.8. The second-order valence-electron chi connectivity index (χ2n) is 9.49. The fourth-order valence-corrected chi connectivity index (χ4v) is 6.18. The summed E-state index contributed by atoms with van der Waals surface area (Å²) in [6.07, 6.45) is 0. The molecule has 6 aromatic carbocycles. The van der Waals surface area contributed by atoms with Gasteiger partial charge in [-0.3, -0.25) is 0 Å². The fraction of sp³-hybridized carbons (Fsp3) is 0. The van der Waals surface area contributed by atoms with E-state index in [0.29, 0.717) is 0 Å². The van der Waals surface area contributed by atoms with E-state index in [0.717, 1.165) is 29.0 Å². The zero-order valence-corrected chi connectivity index (χ0v) is 27.6. The lowest BCUT2D eigenvalue weighted by atomic mass is 9.79. The third-order valence-electron chi connectivity index (χ3n) is 6.97. The van der Waals surface area contributed by atoms with E-state index in [1.165, 1.54) is 44.5 Å². The van der Waals surface area contributed by atoms with Crippen molar-refractivity contribution in [3.63, 3.8) is 0 Å². The SMILES string of the molecule is Brc1ccc(-c2cc(-c3ccccc3)c(-c3ccc(Br)cc3)c(-c3ccc(Br)cc3)c2-c2ccc(Br)cc2)cc1. The monoisotopic (exact) mass is 770 g/mol. The Morgan fingerprint density at radius 3 is 0.950 bits per heavy atom. The first-order chi connectivity index (χ1) is 19.5.